The molecule has 2 N–H and O–H groups in total. The lowest BCUT2D eigenvalue weighted by atomic mass is 9.93. The second kappa shape index (κ2) is 9.21. The average molecular weight is 497 g/mol. The van der Waals surface area contributed by atoms with Crippen LogP contribution < -0.4 is 5.32 Å². The molecular formula is C29H28N4O4. The van der Waals surface area contributed by atoms with Crippen molar-refractivity contribution in [3.05, 3.63) is 89.1 Å². The van der Waals surface area contributed by atoms with Crippen LogP contribution in [-0.4, -0.2) is 56.7 Å². The highest BCUT2D eigenvalue weighted by molar-refractivity contribution is 6.05. The van der Waals surface area contributed by atoms with E-state index >= 15 is 0 Å². The van der Waals surface area contributed by atoms with E-state index in [1.54, 1.807) is 17.2 Å². The Hall–Kier alpha value is -3.88. The van der Waals surface area contributed by atoms with Crippen LogP contribution in [0.2, 0.25) is 0 Å². The van der Waals surface area contributed by atoms with Gasteiger partial charge in [-0.3, -0.25) is 29.6 Å². The third-order valence-corrected chi connectivity index (χ3v) is 7.69. The minimum atomic E-state index is -0.835. The van der Waals surface area contributed by atoms with Crippen molar-refractivity contribution in [1.82, 2.24) is 20.1 Å². The Morgan fingerprint density at radius 3 is 2.70 bits per heavy atom. The zero-order valence-corrected chi connectivity index (χ0v) is 20.4. The molecule has 3 aromatic rings. The summed E-state index contributed by atoms with van der Waals surface area (Å²) >= 11 is 0. The van der Waals surface area contributed by atoms with Gasteiger partial charge in [0.25, 0.3) is 5.91 Å². The molecular weight excluding hydrogens is 468 g/mol. The van der Waals surface area contributed by atoms with Crippen molar-refractivity contribution in [2.24, 2.45) is 0 Å². The van der Waals surface area contributed by atoms with Crippen LogP contribution in [0.1, 0.15) is 46.3 Å². The minimum absolute atomic E-state index is 0.183. The van der Waals surface area contributed by atoms with Crippen molar-refractivity contribution in [3.63, 3.8) is 0 Å². The second-order valence-electron chi connectivity index (χ2n) is 10.2. The molecule has 4 heterocycles. The van der Waals surface area contributed by atoms with Crippen LogP contribution in [0.15, 0.2) is 66.9 Å². The first-order valence-electron chi connectivity index (χ1n) is 12.6. The predicted octanol–water partition coefficient (Wildman–Crippen LogP) is 2.60. The third kappa shape index (κ3) is 4.43. The van der Waals surface area contributed by atoms with E-state index in [-0.39, 0.29) is 18.2 Å². The van der Waals surface area contributed by atoms with E-state index < -0.39 is 17.6 Å². The molecule has 37 heavy (non-hydrogen) atoms. The van der Waals surface area contributed by atoms with Gasteiger partial charge in [-0.05, 0) is 53.8 Å². The largest absolute Gasteiger partial charge is 0.384 e. The molecule has 3 amide bonds. The zero-order chi connectivity index (χ0) is 25.6. The minimum Gasteiger partial charge on any atom is -0.384 e. The van der Waals surface area contributed by atoms with E-state index in [9.17, 15) is 19.5 Å². The van der Waals surface area contributed by atoms with E-state index in [1.807, 2.05) is 48.5 Å². The summed E-state index contributed by atoms with van der Waals surface area (Å²) in [6.07, 6.45) is 3.06. The molecule has 188 valence electrons. The van der Waals surface area contributed by atoms with E-state index in [2.05, 4.69) is 21.3 Å². The molecule has 2 aromatic carbocycles. The summed E-state index contributed by atoms with van der Waals surface area (Å²) in [5.41, 5.74) is 4.37. The van der Waals surface area contributed by atoms with Crippen LogP contribution in [0.4, 0.5) is 0 Å². The molecule has 1 aromatic heterocycles. The molecule has 0 radical (unpaired) electrons. The number of aliphatic hydroxyl groups is 1. The Morgan fingerprint density at radius 2 is 1.89 bits per heavy atom. The number of carbonyl (C=O) groups excluding carboxylic acids is 3. The second-order valence-corrected chi connectivity index (χ2v) is 10.2. The Bertz CT molecular complexity index is 1390. The smallest absolute Gasteiger partial charge is 0.255 e. The first kappa shape index (κ1) is 23.5. The van der Waals surface area contributed by atoms with Gasteiger partial charge in [0.05, 0.1) is 5.69 Å². The highest BCUT2D eigenvalue weighted by atomic mass is 16.3. The topological polar surface area (TPSA) is 103 Å². The lowest BCUT2D eigenvalue weighted by Crippen LogP contribution is -2.52. The van der Waals surface area contributed by atoms with Crippen molar-refractivity contribution in [2.75, 3.05) is 13.1 Å². The third-order valence-electron chi connectivity index (χ3n) is 7.69. The fourth-order valence-electron chi connectivity index (χ4n) is 5.71. The Kier molecular flexibility index (Phi) is 5.85. The van der Waals surface area contributed by atoms with Crippen molar-refractivity contribution in [2.45, 2.75) is 44.0 Å². The quantitative estimate of drug-likeness (QED) is 0.527. The number of imide groups is 1. The van der Waals surface area contributed by atoms with E-state index in [4.69, 9.17) is 0 Å². The number of likely N-dealkylation sites (tertiary alicyclic amines) is 1. The van der Waals surface area contributed by atoms with E-state index in [1.165, 1.54) is 0 Å². The predicted molar refractivity (Wildman–Crippen MR) is 136 cm³/mol. The molecule has 0 aliphatic carbocycles. The molecule has 3 aliphatic rings. The standard InChI is InChI=1S/C29H28N4O4/c34-26-9-8-25(27(35)31-26)33-17-21-15-20(6-7-23(21)28(33)36)24-14-19(10-12-30-24)16-32-13-11-29(37,18-32)22-4-2-1-3-5-22/h1-7,10,12,14-15,25,37H,8-9,11,13,16-18H2,(H,31,34,35). The molecule has 0 spiro atoms. The summed E-state index contributed by atoms with van der Waals surface area (Å²) in [5, 5.41) is 13.5. The monoisotopic (exact) mass is 496 g/mol. The number of amides is 3. The summed E-state index contributed by atoms with van der Waals surface area (Å²) in [4.78, 5) is 45.2. The molecule has 2 atom stereocenters. The number of nitrogens with one attached hydrogen (secondary N) is 1. The van der Waals surface area contributed by atoms with Crippen molar-refractivity contribution < 1.29 is 19.5 Å². The number of aromatic nitrogens is 1. The first-order valence-corrected chi connectivity index (χ1v) is 12.6. The Morgan fingerprint density at radius 1 is 1.05 bits per heavy atom. The maximum atomic E-state index is 13.0. The lowest BCUT2D eigenvalue weighted by Gasteiger charge is -2.29. The van der Waals surface area contributed by atoms with Crippen LogP contribution in [0.5, 0.6) is 0 Å². The number of rotatable bonds is 5. The number of piperidine rings is 1. The zero-order valence-electron chi connectivity index (χ0n) is 20.4. The molecule has 6 rings (SSSR count). The van der Waals surface area contributed by atoms with E-state index in [0.717, 1.165) is 34.5 Å². The molecule has 3 aliphatic heterocycles. The Labute approximate surface area is 214 Å². The molecule has 2 unspecified atom stereocenters. The van der Waals surface area contributed by atoms with Gasteiger partial charge in [-0.1, -0.05) is 36.4 Å². The number of fused-ring (bicyclic) bond motifs is 1. The summed E-state index contributed by atoms with van der Waals surface area (Å²) in [6, 6.07) is 18.9. The summed E-state index contributed by atoms with van der Waals surface area (Å²) < 4.78 is 0. The number of β-amino-alcohol motifs (C(OH)–C–C–N with tert-alkyl or cyclic N) is 1. The van der Waals surface area contributed by atoms with Gasteiger partial charge in [0.1, 0.15) is 11.6 Å². The number of hydrogen-bond acceptors (Lipinski definition) is 6. The molecule has 8 heteroatoms. The molecule has 2 fully saturated rings. The fourth-order valence-corrected chi connectivity index (χ4v) is 5.71. The van der Waals surface area contributed by atoms with Crippen LogP contribution in [0.25, 0.3) is 11.3 Å². The number of benzene rings is 2. The maximum absolute atomic E-state index is 13.0. The number of nitrogens with zero attached hydrogens (tertiary/aromatic N) is 3. The summed E-state index contributed by atoms with van der Waals surface area (Å²) in [7, 11) is 0. The molecule has 0 saturated carbocycles. The Balaban J connectivity index is 1.17. The van der Waals surface area contributed by atoms with Crippen LogP contribution in [-0.2, 0) is 28.3 Å². The van der Waals surface area contributed by atoms with Gasteiger partial charge >= 0.3 is 0 Å². The number of carbonyl (C=O) groups is 3. The highest BCUT2D eigenvalue weighted by Gasteiger charge is 2.39. The maximum Gasteiger partial charge on any atom is 0.255 e. The molecule has 8 nitrogen and oxygen atoms in total. The van der Waals surface area contributed by atoms with Gasteiger partial charge in [-0.2, -0.15) is 0 Å². The van der Waals surface area contributed by atoms with Crippen molar-refractivity contribution in [1.29, 1.82) is 0 Å². The van der Waals surface area contributed by atoms with Gasteiger partial charge in [0.15, 0.2) is 0 Å². The van der Waals surface area contributed by atoms with Gasteiger partial charge in [-0.15, -0.1) is 0 Å². The van der Waals surface area contributed by atoms with Gasteiger partial charge in [0.2, 0.25) is 11.8 Å². The molecule has 2 saturated heterocycles. The van der Waals surface area contributed by atoms with Gasteiger partial charge in [0, 0.05) is 49.9 Å². The molecule has 0 bridgehead atoms. The fraction of sp³-hybridized carbons (Fsp3) is 0.310. The average Bonchev–Trinajstić information content (AvgIpc) is 3.44. The normalized spacial score (nSPS) is 23.9. The summed E-state index contributed by atoms with van der Waals surface area (Å²) in [5.74, 6) is -0.886. The van der Waals surface area contributed by atoms with Crippen LogP contribution >= 0.6 is 0 Å². The number of hydrogen-bond donors (Lipinski definition) is 2. The van der Waals surface area contributed by atoms with Gasteiger partial charge < -0.3 is 10.0 Å². The van der Waals surface area contributed by atoms with Crippen LogP contribution in [0.3, 0.4) is 0 Å². The lowest BCUT2D eigenvalue weighted by molar-refractivity contribution is -0.136. The first-order chi connectivity index (χ1) is 17.9. The highest BCUT2D eigenvalue weighted by Crippen LogP contribution is 2.34. The van der Waals surface area contributed by atoms with Gasteiger partial charge in [-0.25, -0.2) is 0 Å². The summed E-state index contributed by atoms with van der Waals surface area (Å²) in [6.45, 7) is 2.42. The van der Waals surface area contributed by atoms with Crippen molar-refractivity contribution >= 4 is 17.7 Å². The number of pyridine rings is 1. The van der Waals surface area contributed by atoms with Crippen molar-refractivity contribution in [3.8, 4) is 11.3 Å². The van der Waals surface area contributed by atoms with Crippen LogP contribution in [0, 0.1) is 0 Å². The van der Waals surface area contributed by atoms with E-state index in [0.29, 0.717) is 38.0 Å². The SMILES string of the molecule is O=C1CCC(N2Cc3cc(-c4cc(CN5CCC(O)(c6ccccc6)C5)ccn4)ccc3C2=O)C(=O)N1.